The van der Waals surface area contributed by atoms with Crippen molar-refractivity contribution in [3.05, 3.63) is 87.4 Å². The van der Waals surface area contributed by atoms with Crippen molar-refractivity contribution in [3.8, 4) is 11.5 Å². The minimum atomic E-state index is -0.983. The minimum Gasteiger partial charge on any atom is -0.507 e. The summed E-state index contributed by atoms with van der Waals surface area (Å²) in [4.78, 5) is 36.2. The number of methoxy groups -OCH3 is 1. The number of aromatic nitrogens is 2. The van der Waals surface area contributed by atoms with Crippen LogP contribution in [0, 0.1) is 13.8 Å². The Hall–Kier alpha value is -4.30. The molecule has 0 radical (unpaired) electrons. The lowest BCUT2D eigenvalue weighted by Crippen LogP contribution is -2.30. The number of H-pyrrole nitrogens is 1. The Morgan fingerprint density at radius 1 is 1.05 bits per heavy atom. The van der Waals surface area contributed by atoms with E-state index < -0.39 is 23.5 Å². The van der Waals surface area contributed by atoms with Gasteiger partial charge in [-0.3, -0.25) is 14.5 Å². The van der Waals surface area contributed by atoms with E-state index in [4.69, 9.17) is 21.1 Å². The van der Waals surface area contributed by atoms with Gasteiger partial charge in [-0.1, -0.05) is 29.8 Å². The van der Waals surface area contributed by atoms with Crippen LogP contribution in [0.3, 0.4) is 0 Å². The Morgan fingerprint density at radius 2 is 1.77 bits per heavy atom. The Balaban J connectivity index is 1.74. The number of carbonyl (C=O) groups excluding carboxylic acids is 2. The normalized spacial score (nSPS) is 16.9. The van der Waals surface area contributed by atoms with Gasteiger partial charge in [-0.05, 0) is 80.8 Å². The fourth-order valence-electron chi connectivity index (χ4n) is 4.85. The number of carbonyl (C=O) groups is 2. The molecule has 1 atom stereocenters. The predicted octanol–water partition coefficient (Wildman–Crippen LogP) is 6.26. The number of ketones is 1. The van der Waals surface area contributed by atoms with Crippen molar-refractivity contribution in [2.45, 2.75) is 39.8 Å². The number of amides is 1. The monoisotopic (exact) mass is 545 g/mol. The molecule has 0 aliphatic carbocycles. The lowest BCUT2D eigenvalue weighted by Gasteiger charge is -2.23. The Labute approximate surface area is 230 Å². The third-order valence-electron chi connectivity index (χ3n) is 6.51. The third-order valence-corrected chi connectivity index (χ3v) is 6.79. The molecule has 1 aliphatic heterocycles. The molecule has 0 spiro atoms. The van der Waals surface area contributed by atoms with E-state index in [0.717, 1.165) is 16.6 Å². The predicted molar refractivity (Wildman–Crippen MR) is 151 cm³/mol. The van der Waals surface area contributed by atoms with Crippen molar-refractivity contribution >= 4 is 46.0 Å². The number of fused-ring (bicyclic) bond motifs is 1. The number of ether oxygens (including phenoxy) is 2. The summed E-state index contributed by atoms with van der Waals surface area (Å²) in [5.74, 6) is -1.04. The van der Waals surface area contributed by atoms with Crippen LogP contribution < -0.4 is 14.4 Å². The maximum absolute atomic E-state index is 13.6. The molecule has 1 aromatic heterocycles. The third kappa shape index (κ3) is 4.72. The van der Waals surface area contributed by atoms with Gasteiger partial charge in [-0.15, -0.1) is 0 Å². The highest BCUT2D eigenvalue weighted by molar-refractivity contribution is 6.51. The highest BCUT2D eigenvalue weighted by Crippen LogP contribution is 2.44. The molecule has 8 nitrogen and oxygen atoms in total. The summed E-state index contributed by atoms with van der Waals surface area (Å²) < 4.78 is 11.2. The first-order chi connectivity index (χ1) is 18.6. The summed E-state index contributed by atoms with van der Waals surface area (Å²) >= 11 is 6.40. The van der Waals surface area contributed by atoms with Gasteiger partial charge in [0.25, 0.3) is 5.78 Å². The van der Waals surface area contributed by atoms with Gasteiger partial charge < -0.3 is 19.6 Å². The average molecular weight is 546 g/mol. The van der Waals surface area contributed by atoms with E-state index in [0.29, 0.717) is 16.8 Å². The molecule has 2 heterocycles. The zero-order valence-corrected chi connectivity index (χ0v) is 23.0. The lowest BCUT2D eigenvalue weighted by molar-refractivity contribution is -0.132. The number of hydrogen-bond acceptors (Lipinski definition) is 6. The number of aliphatic hydroxyl groups is 1. The second-order valence-corrected chi connectivity index (χ2v) is 10.2. The Kier molecular flexibility index (Phi) is 6.82. The van der Waals surface area contributed by atoms with Crippen LogP contribution in [0.4, 0.5) is 5.95 Å². The largest absolute Gasteiger partial charge is 0.507 e. The van der Waals surface area contributed by atoms with Crippen LogP contribution in [0.1, 0.15) is 42.1 Å². The molecular weight excluding hydrogens is 518 g/mol. The quantitative estimate of drug-likeness (QED) is 0.168. The van der Waals surface area contributed by atoms with Gasteiger partial charge in [0.2, 0.25) is 5.95 Å². The summed E-state index contributed by atoms with van der Waals surface area (Å²) in [5, 5.41) is 11.9. The van der Waals surface area contributed by atoms with E-state index in [1.54, 1.807) is 36.4 Å². The first-order valence-electron chi connectivity index (χ1n) is 12.5. The number of benzene rings is 3. The number of Topliss-reactive ketones (excluding diaryl/α,β-unsaturated/α-hetero) is 1. The summed E-state index contributed by atoms with van der Waals surface area (Å²) in [7, 11) is 1.42. The molecule has 4 aromatic rings. The van der Waals surface area contributed by atoms with Gasteiger partial charge >= 0.3 is 5.91 Å². The zero-order valence-electron chi connectivity index (χ0n) is 22.2. The average Bonchev–Trinajstić information content (AvgIpc) is 3.41. The van der Waals surface area contributed by atoms with Gasteiger partial charge in [0, 0.05) is 0 Å². The van der Waals surface area contributed by atoms with Gasteiger partial charge in [-0.25, -0.2) is 4.98 Å². The van der Waals surface area contributed by atoms with Crippen LogP contribution in [0.2, 0.25) is 5.02 Å². The summed E-state index contributed by atoms with van der Waals surface area (Å²) in [6.45, 7) is 7.61. The molecule has 9 heteroatoms. The SMILES string of the molecule is COc1c(Cl)cc(C)cc1/C(O)=C1\C(=O)C(=O)N(c2nc3ccc(C)cc3[nH]2)C1c1ccc(OC(C)C)cc1. The fourth-order valence-corrected chi connectivity index (χ4v) is 5.20. The summed E-state index contributed by atoms with van der Waals surface area (Å²) in [5.41, 5.74) is 3.82. The molecule has 1 saturated heterocycles. The van der Waals surface area contributed by atoms with E-state index in [-0.39, 0.29) is 34.0 Å². The maximum atomic E-state index is 13.6. The Bertz CT molecular complexity index is 1640. The van der Waals surface area contributed by atoms with E-state index in [2.05, 4.69) is 9.97 Å². The van der Waals surface area contributed by atoms with E-state index in [1.807, 2.05) is 45.9 Å². The molecule has 3 aromatic carbocycles. The molecule has 1 fully saturated rings. The number of nitrogens with zero attached hydrogens (tertiary/aromatic N) is 2. The van der Waals surface area contributed by atoms with Gasteiger partial charge in [0.05, 0.1) is 46.4 Å². The van der Waals surface area contributed by atoms with Gasteiger partial charge in [0.15, 0.2) is 0 Å². The molecule has 5 rings (SSSR count). The van der Waals surface area contributed by atoms with Crippen LogP contribution in [0.25, 0.3) is 16.8 Å². The first kappa shape index (κ1) is 26.3. The molecule has 1 aliphatic rings. The van der Waals surface area contributed by atoms with Gasteiger partial charge in [0.1, 0.15) is 17.3 Å². The number of aryl methyl sites for hydroxylation is 2. The van der Waals surface area contributed by atoms with Crippen molar-refractivity contribution in [2.75, 3.05) is 12.0 Å². The Morgan fingerprint density at radius 3 is 2.44 bits per heavy atom. The molecule has 0 bridgehead atoms. The lowest BCUT2D eigenvalue weighted by atomic mass is 9.94. The van der Waals surface area contributed by atoms with Gasteiger partial charge in [-0.2, -0.15) is 0 Å². The minimum absolute atomic E-state index is 0.0287. The number of rotatable bonds is 6. The standard InChI is InChI=1S/C30H28ClN3O5/c1-15(2)39-19-9-7-18(8-10-19)25-24(26(35)20-12-17(4)13-21(31)28(20)38-5)27(36)29(37)34(25)30-32-22-11-6-16(3)14-23(22)33-30/h6-15,25,35H,1-5H3,(H,32,33)/b26-24+. The number of aromatic amines is 1. The molecule has 1 amide bonds. The second-order valence-electron chi connectivity index (χ2n) is 9.81. The number of imidazole rings is 1. The number of nitrogens with one attached hydrogen (secondary N) is 1. The number of halogens is 1. The van der Waals surface area contributed by atoms with Crippen molar-refractivity contribution in [1.82, 2.24) is 9.97 Å². The van der Waals surface area contributed by atoms with E-state index >= 15 is 0 Å². The molecule has 200 valence electrons. The van der Waals surface area contributed by atoms with Crippen LogP contribution >= 0.6 is 11.6 Å². The van der Waals surface area contributed by atoms with Crippen molar-refractivity contribution in [1.29, 1.82) is 0 Å². The maximum Gasteiger partial charge on any atom is 0.302 e. The fraction of sp³-hybridized carbons (Fsp3) is 0.233. The summed E-state index contributed by atoms with van der Waals surface area (Å²) in [6.07, 6.45) is -0.0287. The summed E-state index contributed by atoms with van der Waals surface area (Å²) in [6, 6.07) is 15.1. The van der Waals surface area contributed by atoms with Crippen LogP contribution in [-0.4, -0.2) is 40.0 Å². The molecule has 1 unspecified atom stereocenters. The number of hydrogen-bond donors (Lipinski definition) is 2. The van der Waals surface area contributed by atoms with Crippen molar-refractivity contribution in [2.24, 2.45) is 0 Å². The second kappa shape index (κ2) is 10.1. The van der Waals surface area contributed by atoms with Crippen LogP contribution in [0.5, 0.6) is 11.5 Å². The first-order valence-corrected chi connectivity index (χ1v) is 12.8. The van der Waals surface area contributed by atoms with Crippen molar-refractivity contribution < 1.29 is 24.2 Å². The number of anilines is 1. The molecule has 0 saturated carbocycles. The smallest absolute Gasteiger partial charge is 0.302 e. The van der Waals surface area contributed by atoms with Crippen LogP contribution in [-0.2, 0) is 9.59 Å². The molecule has 2 N–H and O–H groups in total. The highest BCUT2D eigenvalue weighted by Gasteiger charge is 2.48. The van der Waals surface area contributed by atoms with E-state index in [1.165, 1.54) is 12.0 Å². The molecule has 39 heavy (non-hydrogen) atoms. The number of aliphatic hydroxyl groups excluding tert-OH is 1. The zero-order chi connectivity index (χ0) is 28.0. The highest BCUT2D eigenvalue weighted by atomic mass is 35.5. The van der Waals surface area contributed by atoms with E-state index in [9.17, 15) is 14.7 Å². The van der Waals surface area contributed by atoms with Crippen molar-refractivity contribution in [3.63, 3.8) is 0 Å². The topological polar surface area (TPSA) is 105 Å². The van der Waals surface area contributed by atoms with Crippen LogP contribution in [0.15, 0.2) is 60.2 Å². The molecular formula is C30H28ClN3O5.